The van der Waals surface area contributed by atoms with Gasteiger partial charge in [-0.3, -0.25) is 0 Å². The number of thiophene rings is 1. The third-order valence-corrected chi connectivity index (χ3v) is 4.57. The van der Waals surface area contributed by atoms with Gasteiger partial charge in [-0.2, -0.15) is 0 Å². The number of rotatable bonds is 6. The Balaban J connectivity index is 1.66. The van der Waals surface area contributed by atoms with Gasteiger partial charge < -0.3 is 9.73 Å². The highest BCUT2D eigenvalue weighted by Gasteiger charge is 2.14. The smallest absolute Gasteiger partial charge is 0.134 e. The lowest BCUT2D eigenvalue weighted by Gasteiger charge is -2.12. The number of nitrogens with one attached hydrogen (secondary N) is 1. The number of fused-ring (bicyclic) bond motifs is 1. The van der Waals surface area contributed by atoms with Crippen molar-refractivity contribution in [2.24, 2.45) is 0 Å². The van der Waals surface area contributed by atoms with E-state index in [9.17, 15) is 0 Å². The summed E-state index contributed by atoms with van der Waals surface area (Å²) in [6.45, 7) is 0. The van der Waals surface area contributed by atoms with Crippen LogP contribution in [0, 0.1) is 0 Å². The zero-order valence-electron chi connectivity index (χ0n) is 11.6. The van der Waals surface area contributed by atoms with E-state index in [4.69, 9.17) is 4.42 Å². The highest BCUT2D eigenvalue weighted by molar-refractivity contribution is 7.09. The molecule has 0 amide bonds. The fraction of sp³-hybridized carbons (Fsp3) is 0.294. The van der Waals surface area contributed by atoms with Gasteiger partial charge in [0.1, 0.15) is 11.3 Å². The predicted molar refractivity (Wildman–Crippen MR) is 85.3 cm³/mol. The standard InChI is InChI=1S/C17H19NOS/c1-18-15(9-4-7-14-8-5-11-20-14)17-12-13-6-2-3-10-16(13)19-17/h2-3,5-6,8,10-12,15,18H,4,7,9H2,1H3. The molecule has 1 aromatic carbocycles. The molecule has 0 bridgehead atoms. The number of furan rings is 1. The molecule has 2 aromatic heterocycles. The third-order valence-electron chi connectivity index (χ3n) is 3.63. The van der Waals surface area contributed by atoms with Crippen LogP contribution in [0.3, 0.4) is 0 Å². The molecule has 1 unspecified atom stereocenters. The van der Waals surface area contributed by atoms with Crippen LogP contribution in [0.4, 0.5) is 0 Å². The molecule has 2 nitrogen and oxygen atoms in total. The first kappa shape index (κ1) is 13.4. The highest BCUT2D eigenvalue weighted by Crippen LogP contribution is 2.27. The van der Waals surface area contributed by atoms with Crippen LogP contribution in [0.1, 0.15) is 29.5 Å². The molecule has 3 rings (SSSR count). The minimum atomic E-state index is 0.294. The summed E-state index contributed by atoms with van der Waals surface area (Å²) in [6.07, 6.45) is 3.41. The maximum absolute atomic E-state index is 5.95. The van der Waals surface area contributed by atoms with E-state index in [1.807, 2.05) is 36.6 Å². The van der Waals surface area contributed by atoms with E-state index < -0.39 is 0 Å². The predicted octanol–water partition coefficient (Wildman–Crippen LogP) is 4.78. The maximum Gasteiger partial charge on any atom is 0.134 e. The van der Waals surface area contributed by atoms with Gasteiger partial charge in [-0.1, -0.05) is 24.3 Å². The van der Waals surface area contributed by atoms with Crippen molar-refractivity contribution >= 4 is 22.3 Å². The van der Waals surface area contributed by atoms with Crippen LogP contribution in [-0.4, -0.2) is 7.05 Å². The second kappa shape index (κ2) is 6.25. The Bertz CT molecular complexity index is 624. The molecule has 0 fully saturated rings. The van der Waals surface area contributed by atoms with Crippen molar-refractivity contribution < 1.29 is 4.42 Å². The first-order chi connectivity index (χ1) is 9.86. The van der Waals surface area contributed by atoms with Crippen LogP contribution in [0.5, 0.6) is 0 Å². The summed E-state index contributed by atoms with van der Waals surface area (Å²) in [5.41, 5.74) is 0.973. The summed E-state index contributed by atoms with van der Waals surface area (Å²) < 4.78 is 5.95. The number of para-hydroxylation sites is 1. The molecular formula is C17H19NOS. The van der Waals surface area contributed by atoms with Gasteiger partial charge in [0.2, 0.25) is 0 Å². The van der Waals surface area contributed by atoms with Gasteiger partial charge in [-0.05, 0) is 49.9 Å². The number of aryl methyl sites for hydroxylation is 1. The molecule has 3 aromatic rings. The van der Waals surface area contributed by atoms with Crippen LogP contribution < -0.4 is 5.32 Å². The van der Waals surface area contributed by atoms with E-state index in [0.29, 0.717) is 6.04 Å². The van der Waals surface area contributed by atoms with Crippen molar-refractivity contribution in [3.8, 4) is 0 Å². The monoisotopic (exact) mass is 285 g/mol. The van der Waals surface area contributed by atoms with E-state index in [0.717, 1.165) is 24.2 Å². The minimum Gasteiger partial charge on any atom is -0.459 e. The summed E-state index contributed by atoms with van der Waals surface area (Å²) in [5.74, 6) is 1.04. The first-order valence-corrected chi connectivity index (χ1v) is 7.93. The summed E-state index contributed by atoms with van der Waals surface area (Å²) in [7, 11) is 2.00. The lowest BCUT2D eigenvalue weighted by atomic mass is 10.1. The van der Waals surface area contributed by atoms with Gasteiger partial charge in [0, 0.05) is 10.3 Å². The Hall–Kier alpha value is -1.58. The average molecular weight is 285 g/mol. The average Bonchev–Trinajstić information content (AvgIpc) is 3.12. The molecule has 0 aliphatic rings. The largest absolute Gasteiger partial charge is 0.459 e. The maximum atomic E-state index is 5.95. The van der Waals surface area contributed by atoms with Crippen LogP contribution in [-0.2, 0) is 6.42 Å². The van der Waals surface area contributed by atoms with Gasteiger partial charge in [-0.15, -0.1) is 11.3 Å². The zero-order chi connectivity index (χ0) is 13.8. The number of hydrogen-bond acceptors (Lipinski definition) is 3. The van der Waals surface area contributed by atoms with Crippen molar-refractivity contribution in [2.45, 2.75) is 25.3 Å². The van der Waals surface area contributed by atoms with Gasteiger partial charge >= 0.3 is 0 Å². The summed E-state index contributed by atoms with van der Waals surface area (Å²) in [6, 6.07) is 15.0. The van der Waals surface area contributed by atoms with Crippen molar-refractivity contribution in [2.75, 3.05) is 7.05 Å². The normalized spacial score (nSPS) is 12.8. The fourth-order valence-corrected chi connectivity index (χ4v) is 3.29. The molecule has 2 heterocycles. The Morgan fingerprint density at radius 3 is 2.85 bits per heavy atom. The second-order valence-corrected chi connectivity index (χ2v) is 6.03. The molecular weight excluding hydrogens is 266 g/mol. The Morgan fingerprint density at radius 2 is 2.10 bits per heavy atom. The van der Waals surface area contributed by atoms with Gasteiger partial charge in [0.05, 0.1) is 6.04 Å². The number of hydrogen-bond donors (Lipinski definition) is 1. The molecule has 0 radical (unpaired) electrons. The molecule has 0 aliphatic heterocycles. The topological polar surface area (TPSA) is 25.2 Å². The fourth-order valence-electron chi connectivity index (χ4n) is 2.54. The lowest BCUT2D eigenvalue weighted by Crippen LogP contribution is -2.15. The third kappa shape index (κ3) is 2.94. The minimum absolute atomic E-state index is 0.294. The summed E-state index contributed by atoms with van der Waals surface area (Å²) >= 11 is 1.84. The molecule has 20 heavy (non-hydrogen) atoms. The SMILES string of the molecule is CNC(CCCc1cccs1)c1cc2ccccc2o1. The molecule has 1 N–H and O–H groups in total. The van der Waals surface area contributed by atoms with Gasteiger partial charge in [0.15, 0.2) is 0 Å². The molecule has 104 valence electrons. The molecule has 0 spiro atoms. The van der Waals surface area contributed by atoms with Crippen molar-refractivity contribution in [3.05, 3.63) is 58.5 Å². The molecule has 3 heteroatoms. The first-order valence-electron chi connectivity index (χ1n) is 7.05. The molecule has 0 saturated carbocycles. The van der Waals surface area contributed by atoms with Crippen LogP contribution >= 0.6 is 11.3 Å². The molecule has 0 aliphatic carbocycles. The quantitative estimate of drug-likeness (QED) is 0.705. The van der Waals surface area contributed by atoms with Crippen LogP contribution in [0.15, 0.2) is 52.3 Å². The van der Waals surface area contributed by atoms with Crippen LogP contribution in [0.25, 0.3) is 11.0 Å². The van der Waals surface area contributed by atoms with Crippen molar-refractivity contribution in [3.63, 3.8) is 0 Å². The van der Waals surface area contributed by atoms with E-state index >= 15 is 0 Å². The van der Waals surface area contributed by atoms with E-state index in [1.54, 1.807) is 0 Å². The highest BCUT2D eigenvalue weighted by atomic mass is 32.1. The van der Waals surface area contributed by atoms with E-state index in [-0.39, 0.29) is 0 Å². The Morgan fingerprint density at radius 1 is 1.20 bits per heavy atom. The zero-order valence-corrected chi connectivity index (χ0v) is 12.5. The second-order valence-electron chi connectivity index (χ2n) is 5.00. The molecule has 1 atom stereocenters. The van der Waals surface area contributed by atoms with Gasteiger partial charge in [-0.25, -0.2) is 0 Å². The number of benzene rings is 1. The Kier molecular flexibility index (Phi) is 4.19. The van der Waals surface area contributed by atoms with Crippen molar-refractivity contribution in [1.29, 1.82) is 0 Å². The Labute approximate surface area is 123 Å². The van der Waals surface area contributed by atoms with E-state index in [1.165, 1.54) is 16.7 Å². The summed E-state index contributed by atoms with van der Waals surface area (Å²) in [5, 5.41) is 6.69. The summed E-state index contributed by atoms with van der Waals surface area (Å²) in [4.78, 5) is 1.46. The van der Waals surface area contributed by atoms with E-state index in [2.05, 4.69) is 35.0 Å². The lowest BCUT2D eigenvalue weighted by molar-refractivity contribution is 0.425. The van der Waals surface area contributed by atoms with Crippen LogP contribution in [0.2, 0.25) is 0 Å². The molecule has 0 saturated heterocycles. The van der Waals surface area contributed by atoms with Crippen molar-refractivity contribution in [1.82, 2.24) is 5.32 Å². The van der Waals surface area contributed by atoms with Gasteiger partial charge in [0.25, 0.3) is 0 Å².